The van der Waals surface area contributed by atoms with Gasteiger partial charge in [-0.25, -0.2) is 4.79 Å². The zero-order chi connectivity index (χ0) is 11.5. The van der Waals surface area contributed by atoms with Gasteiger partial charge in [0.1, 0.15) is 0 Å². The van der Waals surface area contributed by atoms with E-state index in [1.165, 1.54) is 0 Å². The zero-order valence-electron chi connectivity index (χ0n) is 8.77. The molecule has 0 aliphatic carbocycles. The first-order chi connectivity index (χ1) is 7.66. The number of nitrogens with one attached hydrogen (secondary N) is 1. The van der Waals surface area contributed by atoms with Crippen molar-refractivity contribution in [2.75, 3.05) is 16.8 Å². The molecule has 0 aromatic heterocycles. The van der Waals surface area contributed by atoms with Crippen LogP contribution in [-0.2, 0) is 4.79 Å². The summed E-state index contributed by atoms with van der Waals surface area (Å²) in [5.74, 6) is 0.149. The van der Waals surface area contributed by atoms with E-state index in [4.69, 9.17) is 5.73 Å². The van der Waals surface area contributed by atoms with E-state index in [0.29, 0.717) is 12.1 Å². The van der Waals surface area contributed by atoms with Gasteiger partial charge >= 0.3 is 6.03 Å². The number of nitrogens with zero attached hydrogens (tertiary/aromatic N) is 1. The van der Waals surface area contributed by atoms with Crippen molar-refractivity contribution >= 4 is 23.3 Å². The Labute approximate surface area is 93.2 Å². The summed E-state index contributed by atoms with van der Waals surface area (Å²) in [6, 6.07) is 6.46. The number of amides is 3. The van der Waals surface area contributed by atoms with E-state index in [0.717, 1.165) is 18.7 Å². The van der Waals surface area contributed by atoms with Gasteiger partial charge in [0, 0.05) is 24.3 Å². The first kappa shape index (κ1) is 10.5. The molecule has 1 heterocycles. The fraction of sp³-hybridized carbons (Fsp3) is 0.273. The lowest BCUT2D eigenvalue weighted by Crippen LogP contribution is -2.23. The second kappa shape index (κ2) is 4.22. The summed E-state index contributed by atoms with van der Waals surface area (Å²) in [7, 11) is 0. The Balaban J connectivity index is 2.12. The summed E-state index contributed by atoms with van der Waals surface area (Å²) in [5, 5.41) is 2.47. The second-order valence-electron chi connectivity index (χ2n) is 3.69. The minimum Gasteiger partial charge on any atom is -0.351 e. The summed E-state index contributed by atoms with van der Waals surface area (Å²) < 4.78 is 0. The third kappa shape index (κ3) is 2.13. The lowest BCUT2D eigenvalue weighted by Gasteiger charge is -2.15. The lowest BCUT2D eigenvalue weighted by molar-refractivity contribution is -0.117. The lowest BCUT2D eigenvalue weighted by atomic mass is 10.2. The van der Waals surface area contributed by atoms with Crippen molar-refractivity contribution in [1.29, 1.82) is 0 Å². The number of rotatable bonds is 2. The molecule has 1 aliphatic heterocycles. The standard InChI is InChI=1S/C11H13N3O2/c12-11(16)13-8-3-5-9(6-4-8)14-7-1-2-10(14)15/h3-6H,1-2,7H2,(H3,12,13,16). The molecular formula is C11H13N3O2. The van der Waals surface area contributed by atoms with Crippen molar-refractivity contribution < 1.29 is 9.59 Å². The minimum absolute atomic E-state index is 0.149. The maximum atomic E-state index is 11.5. The summed E-state index contributed by atoms with van der Waals surface area (Å²) in [5.41, 5.74) is 6.48. The van der Waals surface area contributed by atoms with Crippen LogP contribution in [0.15, 0.2) is 24.3 Å². The van der Waals surface area contributed by atoms with E-state index in [-0.39, 0.29) is 5.91 Å². The van der Waals surface area contributed by atoms with Crippen molar-refractivity contribution in [2.45, 2.75) is 12.8 Å². The molecule has 0 saturated carbocycles. The third-order valence-electron chi connectivity index (χ3n) is 2.52. The molecule has 5 heteroatoms. The van der Waals surface area contributed by atoms with E-state index in [1.54, 1.807) is 29.2 Å². The Hall–Kier alpha value is -2.04. The first-order valence-electron chi connectivity index (χ1n) is 5.14. The van der Waals surface area contributed by atoms with Crippen LogP contribution in [0.1, 0.15) is 12.8 Å². The molecule has 1 saturated heterocycles. The maximum absolute atomic E-state index is 11.5. The largest absolute Gasteiger partial charge is 0.351 e. The molecule has 3 amide bonds. The summed E-state index contributed by atoms with van der Waals surface area (Å²) >= 11 is 0. The van der Waals surface area contributed by atoms with Crippen molar-refractivity contribution in [3.63, 3.8) is 0 Å². The SMILES string of the molecule is NC(=O)Nc1ccc(N2CCCC2=O)cc1. The van der Waals surface area contributed by atoms with Crippen LogP contribution in [0.2, 0.25) is 0 Å². The molecule has 2 rings (SSSR count). The van der Waals surface area contributed by atoms with Crippen LogP contribution in [0.5, 0.6) is 0 Å². The van der Waals surface area contributed by atoms with Crippen LogP contribution in [0.3, 0.4) is 0 Å². The van der Waals surface area contributed by atoms with Crippen LogP contribution >= 0.6 is 0 Å². The van der Waals surface area contributed by atoms with Gasteiger partial charge in [0.2, 0.25) is 5.91 Å². The zero-order valence-corrected chi connectivity index (χ0v) is 8.77. The number of primary amides is 1. The second-order valence-corrected chi connectivity index (χ2v) is 3.69. The number of hydrogen-bond acceptors (Lipinski definition) is 2. The molecule has 1 aromatic carbocycles. The van der Waals surface area contributed by atoms with Gasteiger partial charge in [0.25, 0.3) is 0 Å². The van der Waals surface area contributed by atoms with Gasteiger partial charge in [0.15, 0.2) is 0 Å². The van der Waals surface area contributed by atoms with Crippen molar-refractivity contribution in [1.82, 2.24) is 0 Å². The van der Waals surface area contributed by atoms with Crippen LogP contribution in [0.25, 0.3) is 0 Å². The van der Waals surface area contributed by atoms with Gasteiger partial charge in [-0.3, -0.25) is 4.79 Å². The average molecular weight is 219 g/mol. The van der Waals surface area contributed by atoms with E-state index in [2.05, 4.69) is 5.32 Å². The summed E-state index contributed by atoms with van der Waals surface area (Å²) in [6.45, 7) is 0.765. The Bertz CT molecular complexity index is 414. The van der Waals surface area contributed by atoms with Crippen molar-refractivity contribution in [3.8, 4) is 0 Å². The maximum Gasteiger partial charge on any atom is 0.316 e. The number of carbonyl (C=O) groups excluding carboxylic acids is 2. The molecule has 16 heavy (non-hydrogen) atoms. The molecule has 1 aromatic rings. The molecule has 0 unspecified atom stereocenters. The smallest absolute Gasteiger partial charge is 0.316 e. The minimum atomic E-state index is -0.593. The van der Waals surface area contributed by atoms with E-state index >= 15 is 0 Å². The summed E-state index contributed by atoms with van der Waals surface area (Å²) in [6.07, 6.45) is 1.52. The van der Waals surface area contributed by atoms with Gasteiger partial charge < -0.3 is 16.0 Å². The molecule has 5 nitrogen and oxygen atoms in total. The molecular weight excluding hydrogens is 206 g/mol. The van der Waals surface area contributed by atoms with Crippen molar-refractivity contribution in [2.24, 2.45) is 5.73 Å². The van der Waals surface area contributed by atoms with Crippen LogP contribution in [0.4, 0.5) is 16.2 Å². The fourth-order valence-corrected chi connectivity index (χ4v) is 1.79. The third-order valence-corrected chi connectivity index (χ3v) is 2.52. The number of carbonyl (C=O) groups is 2. The predicted molar refractivity (Wildman–Crippen MR) is 61.2 cm³/mol. The Morgan fingerprint density at radius 3 is 2.50 bits per heavy atom. The van der Waals surface area contributed by atoms with E-state index < -0.39 is 6.03 Å². The number of nitrogens with two attached hydrogens (primary N) is 1. The fourth-order valence-electron chi connectivity index (χ4n) is 1.79. The van der Waals surface area contributed by atoms with E-state index in [9.17, 15) is 9.59 Å². The van der Waals surface area contributed by atoms with Gasteiger partial charge in [-0.1, -0.05) is 0 Å². The molecule has 1 aliphatic rings. The molecule has 0 atom stereocenters. The van der Waals surface area contributed by atoms with Crippen LogP contribution in [-0.4, -0.2) is 18.5 Å². The van der Waals surface area contributed by atoms with Gasteiger partial charge in [0.05, 0.1) is 0 Å². The highest BCUT2D eigenvalue weighted by Crippen LogP contribution is 2.22. The number of benzene rings is 1. The molecule has 84 valence electrons. The summed E-state index contributed by atoms with van der Waals surface area (Å²) in [4.78, 5) is 23.8. The normalized spacial score (nSPS) is 15.2. The Kier molecular flexibility index (Phi) is 2.76. The Morgan fingerprint density at radius 1 is 1.31 bits per heavy atom. The molecule has 1 fully saturated rings. The molecule has 0 radical (unpaired) electrons. The highest BCUT2D eigenvalue weighted by Gasteiger charge is 2.21. The molecule has 0 bridgehead atoms. The van der Waals surface area contributed by atoms with Gasteiger partial charge in [-0.05, 0) is 30.7 Å². The topological polar surface area (TPSA) is 75.4 Å². The average Bonchev–Trinajstić information content (AvgIpc) is 2.65. The van der Waals surface area contributed by atoms with Gasteiger partial charge in [-0.2, -0.15) is 0 Å². The quantitative estimate of drug-likeness (QED) is 0.786. The number of hydrogen-bond donors (Lipinski definition) is 2. The predicted octanol–water partition coefficient (Wildman–Crippen LogP) is 1.30. The number of urea groups is 1. The van der Waals surface area contributed by atoms with Crippen molar-refractivity contribution in [3.05, 3.63) is 24.3 Å². The van der Waals surface area contributed by atoms with E-state index in [1.807, 2.05) is 0 Å². The highest BCUT2D eigenvalue weighted by atomic mass is 16.2. The first-order valence-corrected chi connectivity index (χ1v) is 5.14. The number of anilines is 2. The van der Waals surface area contributed by atoms with Crippen LogP contribution in [0, 0.1) is 0 Å². The molecule has 0 spiro atoms. The van der Waals surface area contributed by atoms with Crippen LogP contribution < -0.4 is 16.0 Å². The van der Waals surface area contributed by atoms with Gasteiger partial charge in [-0.15, -0.1) is 0 Å². The molecule has 3 N–H and O–H groups in total. The monoisotopic (exact) mass is 219 g/mol. The highest BCUT2D eigenvalue weighted by molar-refractivity contribution is 5.95. The Morgan fingerprint density at radius 2 is 2.00 bits per heavy atom.